The lowest BCUT2D eigenvalue weighted by molar-refractivity contribution is -0.122. The minimum Gasteiger partial charge on any atom is -0.351 e. The molecular weight excluding hydrogens is 378 g/mol. The molecule has 0 radical (unpaired) electrons. The molecule has 1 amide bonds. The van der Waals surface area contributed by atoms with Crippen molar-refractivity contribution in [3.05, 3.63) is 0 Å². The SMILES string of the molecule is CCCCCCCCCCCCCCCCCC(=O)NC(C)COS(=O)(=O)O. The first-order chi connectivity index (χ1) is 13.3. The molecule has 0 bridgehead atoms. The van der Waals surface area contributed by atoms with Crippen molar-refractivity contribution in [3.63, 3.8) is 0 Å². The van der Waals surface area contributed by atoms with Gasteiger partial charge < -0.3 is 5.32 Å². The molecule has 0 saturated heterocycles. The fraction of sp³-hybridized carbons (Fsp3) is 0.952. The second kappa shape index (κ2) is 18.4. The lowest BCUT2D eigenvalue weighted by Gasteiger charge is -2.12. The van der Waals surface area contributed by atoms with Crippen LogP contribution in [0.1, 0.15) is 117 Å². The predicted molar refractivity (Wildman–Crippen MR) is 115 cm³/mol. The van der Waals surface area contributed by atoms with Crippen molar-refractivity contribution >= 4 is 16.3 Å². The predicted octanol–water partition coefficient (Wildman–Crippen LogP) is 5.57. The highest BCUT2D eigenvalue weighted by molar-refractivity contribution is 7.80. The van der Waals surface area contributed by atoms with E-state index < -0.39 is 16.4 Å². The molecule has 0 rings (SSSR count). The second-order valence-corrected chi connectivity index (χ2v) is 8.97. The molecule has 0 spiro atoms. The monoisotopic (exact) mass is 421 g/mol. The van der Waals surface area contributed by atoms with Gasteiger partial charge >= 0.3 is 10.4 Å². The Labute approximate surface area is 173 Å². The van der Waals surface area contributed by atoms with Crippen LogP contribution < -0.4 is 5.32 Å². The van der Waals surface area contributed by atoms with Crippen molar-refractivity contribution in [1.82, 2.24) is 5.32 Å². The van der Waals surface area contributed by atoms with Gasteiger partial charge in [0.05, 0.1) is 12.6 Å². The van der Waals surface area contributed by atoms with Gasteiger partial charge in [-0.1, -0.05) is 96.8 Å². The Morgan fingerprint density at radius 1 is 0.821 bits per heavy atom. The zero-order valence-corrected chi connectivity index (χ0v) is 18.9. The van der Waals surface area contributed by atoms with Crippen molar-refractivity contribution in [2.24, 2.45) is 0 Å². The summed E-state index contributed by atoms with van der Waals surface area (Å²) in [6.07, 6.45) is 19.7. The molecule has 6 nitrogen and oxygen atoms in total. The van der Waals surface area contributed by atoms with Crippen molar-refractivity contribution < 1.29 is 21.9 Å². The van der Waals surface area contributed by atoms with Gasteiger partial charge in [0.2, 0.25) is 5.91 Å². The largest absolute Gasteiger partial charge is 0.397 e. The summed E-state index contributed by atoms with van der Waals surface area (Å²) in [5, 5.41) is 2.66. The van der Waals surface area contributed by atoms with E-state index in [2.05, 4.69) is 16.4 Å². The normalized spacial score (nSPS) is 12.8. The van der Waals surface area contributed by atoms with Crippen LogP contribution in [0.4, 0.5) is 0 Å². The zero-order valence-electron chi connectivity index (χ0n) is 18.1. The van der Waals surface area contributed by atoms with Crippen molar-refractivity contribution in [2.75, 3.05) is 6.61 Å². The van der Waals surface area contributed by atoms with E-state index in [1.165, 1.54) is 77.0 Å². The van der Waals surface area contributed by atoms with Gasteiger partial charge in [-0.3, -0.25) is 9.35 Å². The summed E-state index contributed by atoms with van der Waals surface area (Å²) >= 11 is 0. The fourth-order valence-corrected chi connectivity index (χ4v) is 3.61. The summed E-state index contributed by atoms with van der Waals surface area (Å²) in [7, 11) is -4.45. The number of nitrogens with one attached hydrogen (secondary N) is 1. The standard InChI is InChI=1S/C21H43NO5S/c1-3-4-5-6-7-8-9-10-11-12-13-14-15-16-17-18-21(23)22-20(2)19-27-28(24,25)26/h20H,3-19H2,1-2H3,(H,22,23)(H,24,25,26). The third-order valence-corrected chi connectivity index (χ3v) is 5.32. The summed E-state index contributed by atoms with van der Waals surface area (Å²) in [5.41, 5.74) is 0. The van der Waals surface area contributed by atoms with Crippen LogP contribution in [0, 0.1) is 0 Å². The molecule has 168 valence electrons. The first-order valence-corrected chi connectivity index (χ1v) is 12.6. The quantitative estimate of drug-likeness (QED) is 0.198. The molecule has 0 fully saturated rings. The molecule has 2 N–H and O–H groups in total. The molecule has 7 heteroatoms. The van der Waals surface area contributed by atoms with Crippen LogP contribution in [-0.4, -0.2) is 31.5 Å². The van der Waals surface area contributed by atoms with Gasteiger partial charge in [0.1, 0.15) is 0 Å². The molecule has 0 aromatic rings. The van der Waals surface area contributed by atoms with E-state index in [0.717, 1.165) is 19.3 Å². The number of carbonyl (C=O) groups excluding carboxylic acids is 1. The smallest absolute Gasteiger partial charge is 0.351 e. The van der Waals surface area contributed by atoms with E-state index in [9.17, 15) is 13.2 Å². The highest BCUT2D eigenvalue weighted by Gasteiger charge is 2.11. The zero-order chi connectivity index (χ0) is 21.1. The van der Waals surface area contributed by atoms with E-state index in [1.807, 2.05) is 0 Å². The molecule has 1 unspecified atom stereocenters. The first kappa shape index (κ1) is 27.3. The first-order valence-electron chi connectivity index (χ1n) is 11.3. The molecule has 0 aromatic carbocycles. The lowest BCUT2D eigenvalue weighted by Crippen LogP contribution is -2.36. The highest BCUT2D eigenvalue weighted by atomic mass is 32.3. The third-order valence-electron chi connectivity index (χ3n) is 4.88. The van der Waals surface area contributed by atoms with Gasteiger partial charge in [-0.05, 0) is 13.3 Å². The average molecular weight is 422 g/mol. The minimum atomic E-state index is -4.45. The van der Waals surface area contributed by atoms with Crippen LogP contribution in [0.2, 0.25) is 0 Å². The molecule has 0 aliphatic heterocycles. The van der Waals surface area contributed by atoms with Crippen LogP contribution in [0.25, 0.3) is 0 Å². The Hall–Kier alpha value is -0.660. The summed E-state index contributed by atoms with van der Waals surface area (Å²) in [4.78, 5) is 11.7. The number of hydrogen-bond acceptors (Lipinski definition) is 4. The maximum absolute atomic E-state index is 11.7. The molecule has 0 saturated carbocycles. The Morgan fingerprint density at radius 2 is 1.21 bits per heavy atom. The highest BCUT2D eigenvalue weighted by Crippen LogP contribution is 2.13. The van der Waals surface area contributed by atoms with E-state index in [1.54, 1.807) is 6.92 Å². The molecule has 28 heavy (non-hydrogen) atoms. The van der Waals surface area contributed by atoms with Gasteiger partial charge in [0.15, 0.2) is 0 Å². The maximum Gasteiger partial charge on any atom is 0.397 e. The number of rotatable bonds is 20. The van der Waals surface area contributed by atoms with Gasteiger partial charge in [0, 0.05) is 6.42 Å². The molecular formula is C21H43NO5S. The van der Waals surface area contributed by atoms with Crippen LogP contribution in [-0.2, 0) is 19.4 Å². The summed E-state index contributed by atoms with van der Waals surface area (Å²) in [6, 6.07) is -0.453. The molecule has 0 aliphatic rings. The lowest BCUT2D eigenvalue weighted by atomic mass is 10.0. The summed E-state index contributed by atoms with van der Waals surface area (Å²) < 4.78 is 33.7. The van der Waals surface area contributed by atoms with Crippen molar-refractivity contribution in [1.29, 1.82) is 0 Å². The molecule has 0 heterocycles. The van der Waals surface area contributed by atoms with Crippen LogP contribution in [0.3, 0.4) is 0 Å². The van der Waals surface area contributed by atoms with Crippen molar-refractivity contribution in [3.8, 4) is 0 Å². The number of hydrogen-bond donors (Lipinski definition) is 2. The van der Waals surface area contributed by atoms with Gasteiger partial charge in [0.25, 0.3) is 0 Å². The number of amides is 1. The molecule has 1 atom stereocenters. The molecule has 0 aliphatic carbocycles. The Balaban J connectivity index is 3.31. The maximum atomic E-state index is 11.7. The molecule has 0 aromatic heterocycles. The second-order valence-electron chi connectivity index (χ2n) is 7.88. The summed E-state index contributed by atoms with van der Waals surface area (Å²) in [6.45, 7) is 3.63. The average Bonchev–Trinajstić information content (AvgIpc) is 2.62. The Bertz CT molecular complexity index is 467. The van der Waals surface area contributed by atoms with E-state index in [4.69, 9.17) is 4.55 Å². The minimum absolute atomic E-state index is 0.110. The van der Waals surface area contributed by atoms with E-state index in [0.29, 0.717) is 6.42 Å². The van der Waals surface area contributed by atoms with Crippen LogP contribution >= 0.6 is 0 Å². The van der Waals surface area contributed by atoms with Gasteiger partial charge in [-0.25, -0.2) is 4.18 Å². The van der Waals surface area contributed by atoms with E-state index in [-0.39, 0.29) is 12.5 Å². The number of unbranched alkanes of at least 4 members (excludes halogenated alkanes) is 14. The van der Waals surface area contributed by atoms with E-state index >= 15 is 0 Å². The van der Waals surface area contributed by atoms with Crippen LogP contribution in [0.15, 0.2) is 0 Å². The summed E-state index contributed by atoms with van der Waals surface area (Å²) in [5.74, 6) is -0.110. The van der Waals surface area contributed by atoms with Gasteiger partial charge in [-0.2, -0.15) is 8.42 Å². The van der Waals surface area contributed by atoms with Gasteiger partial charge in [-0.15, -0.1) is 0 Å². The fourth-order valence-electron chi connectivity index (χ4n) is 3.23. The Morgan fingerprint density at radius 3 is 1.61 bits per heavy atom. The Kier molecular flexibility index (Phi) is 17.9. The number of carbonyl (C=O) groups is 1. The third kappa shape index (κ3) is 21.6. The van der Waals surface area contributed by atoms with Crippen molar-refractivity contribution in [2.45, 2.75) is 123 Å². The topological polar surface area (TPSA) is 92.7 Å². The van der Waals surface area contributed by atoms with Crippen LogP contribution in [0.5, 0.6) is 0 Å².